The van der Waals surface area contributed by atoms with Crippen LogP contribution in [0.2, 0.25) is 0 Å². The molecule has 2 aliphatic rings. The van der Waals surface area contributed by atoms with Gasteiger partial charge in [0.25, 0.3) is 0 Å². The van der Waals surface area contributed by atoms with Crippen LogP contribution in [0, 0.1) is 17.8 Å². The minimum atomic E-state index is 0.264. The van der Waals surface area contributed by atoms with E-state index in [2.05, 4.69) is 43.6 Å². The lowest BCUT2D eigenvalue weighted by Crippen LogP contribution is -2.53. The van der Waals surface area contributed by atoms with Gasteiger partial charge in [-0.3, -0.25) is 0 Å². The Balaban J connectivity index is 1.89. The van der Waals surface area contributed by atoms with Gasteiger partial charge < -0.3 is 9.47 Å². The molecule has 0 aromatic carbocycles. The van der Waals surface area contributed by atoms with Crippen LogP contribution in [-0.2, 0) is 9.47 Å². The zero-order valence-corrected chi connectivity index (χ0v) is 15.1. The normalized spacial score (nSPS) is 41.7. The summed E-state index contributed by atoms with van der Waals surface area (Å²) in [6, 6.07) is 0. The van der Waals surface area contributed by atoms with Crippen molar-refractivity contribution in [3.63, 3.8) is 0 Å². The van der Waals surface area contributed by atoms with Crippen molar-refractivity contribution < 1.29 is 9.47 Å². The molecule has 0 bridgehead atoms. The monoisotopic (exact) mass is 346 g/mol. The van der Waals surface area contributed by atoms with Gasteiger partial charge in [0.1, 0.15) is 0 Å². The first-order chi connectivity index (χ1) is 9.52. The molecule has 0 heterocycles. The van der Waals surface area contributed by atoms with Crippen LogP contribution < -0.4 is 0 Å². The Morgan fingerprint density at radius 1 is 1.15 bits per heavy atom. The smallest absolute Gasteiger partial charge is 0.0962 e. The van der Waals surface area contributed by atoms with Crippen LogP contribution in [-0.4, -0.2) is 29.7 Å². The highest BCUT2D eigenvalue weighted by Gasteiger charge is 2.44. The lowest BCUT2D eigenvalue weighted by atomic mass is 9.75. The molecule has 2 fully saturated rings. The zero-order chi connectivity index (χ0) is 14.7. The summed E-state index contributed by atoms with van der Waals surface area (Å²) in [4.78, 5) is 0.484. The summed E-state index contributed by atoms with van der Waals surface area (Å²) in [5.74, 6) is 2.26. The molecule has 0 aromatic rings. The van der Waals surface area contributed by atoms with E-state index < -0.39 is 0 Å². The van der Waals surface area contributed by atoms with E-state index in [0.29, 0.717) is 17.0 Å². The quantitative estimate of drug-likeness (QED) is 0.643. The van der Waals surface area contributed by atoms with E-state index in [1.165, 1.54) is 19.3 Å². The van der Waals surface area contributed by atoms with E-state index in [1.54, 1.807) is 0 Å². The van der Waals surface area contributed by atoms with Crippen LogP contribution >= 0.6 is 15.9 Å². The van der Waals surface area contributed by atoms with E-state index in [-0.39, 0.29) is 6.10 Å². The molecular formula is C17H31BrO2. The summed E-state index contributed by atoms with van der Waals surface area (Å²) >= 11 is 3.71. The summed E-state index contributed by atoms with van der Waals surface area (Å²) in [7, 11) is 0. The van der Waals surface area contributed by atoms with Gasteiger partial charge in [-0.15, -0.1) is 0 Å². The van der Waals surface area contributed by atoms with Crippen LogP contribution in [0.25, 0.3) is 0 Å². The Hall–Kier alpha value is 0.400. The SMILES string of the molecule is CCCOC1C(Br)CC1OC1CC(C)CCC1C(C)C. The number of rotatable bonds is 6. The average Bonchev–Trinajstić information content (AvgIpc) is 2.38. The fourth-order valence-electron chi connectivity index (χ4n) is 3.62. The van der Waals surface area contributed by atoms with Gasteiger partial charge in [0.05, 0.1) is 18.3 Å². The van der Waals surface area contributed by atoms with Gasteiger partial charge in [-0.1, -0.05) is 50.0 Å². The summed E-state index contributed by atoms with van der Waals surface area (Å²) in [5, 5.41) is 0. The van der Waals surface area contributed by atoms with Gasteiger partial charge in [-0.25, -0.2) is 0 Å². The maximum absolute atomic E-state index is 6.50. The highest BCUT2D eigenvalue weighted by molar-refractivity contribution is 9.09. The fraction of sp³-hybridized carbons (Fsp3) is 1.00. The van der Waals surface area contributed by atoms with E-state index in [9.17, 15) is 0 Å². The molecule has 0 amide bonds. The molecule has 118 valence electrons. The summed E-state index contributed by atoms with van der Waals surface area (Å²) < 4.78 is 12.4. The van der Waals surface area contributed by atoms with Crippen LogP contribution in [0.1, 0.15) is 59.8 Å². The Bertz CT molecular complexity index is 295. The van der Waals surface area contributed by atoms with Crippen molar-refractivity contribution in [2.75, 3.05) is 6.61 Å². The average molecular weight is 347 g/mol. The number of hydrogen-bond donors (Lipinski definition) is 0. The minimum Gasteiger partial charge on any atom is -0.374 e. The van der Waals surface area contributed by atoms with Gasteiger partial charge >= 0.3 is 0 Å². The van der Waals surface area contributed by atoms with Gasteiger partial charge in [-0.05, 0) is 43.4 Å². The van der Waals surface area contributed by atoms with Crippen molar-refractivity contribution in [2.45, 2.75) is 82.9 Å². The highest BCUT2D eigenvalue weighted by Crippen LogP contribution is 2.40. The second-order valence-corrected chi connectivity index (χ2v) is 8.30. The van der Waals surface area contributed by atoms with Gasteiger partial charge in [-0.2, -0.15) is 0 Å². The summed E-state index contributed by atoms with van der Waals surface area (Å²) in [5.41, 5.74) is 0. The molecule has 0 spiro atoms. The predicted octanol–water partition coefficient (Wildman–Crippen LogP) is 4.79. The first kappa shape index (κ1) is 16.8. The van der Waals surface area contributed by atoms with Gasteiger partial charge in [0.15, 0.2) is 0 Å². The highest BCUT2D eigenvalue weighted by atomic mass is 79.9. The van der Waals surface area contributed by atoms with Crippen molar-refractivity contribution >= 4 is 15.9 Å². The van der Waals surface area contributed by atoms with Crippen molar-refractivity contribution in [2.24, 2.45) is 17.8 Å². The molecule has 2 rings (SSSR count). The Labute approximate surface area is 133 Å². The lowest BCUT2D eigenvalue weighted by Gasteiger charge is -2.46. The molecule has 0 saturated heterocycles. The standard InChI is InChI=1S/C17H31BrO2/c1-5-8-19-17-14(18)10-16(17)20-15-9-12(4)6-7-13(15)11(2)3/h11-17H,5-10H2,1-4H3. The molecule has 2 nitrogen and oxygen atoms in total. The molecular weight excluding hydrogens is 316 g/mol. The Morgan fingerprint density at radius 3 is 2.50 bits per heavy atom. The zero-order valence-electron chi connectivity index (χ0n) is 13.5. The van der Waals surface area contributed by atoms with Crippen LogP contribution in [0.4, 0.5) is 0 Å². The molecule has 0 aromatic heterocycles. The van der Waals surface area contributed by atoms with E-state index in [0.717, 1.165) is 37.2 Å². The molecule has 0 aliphatic heterocycles. The van der Waals surface area contributed by atoms with E-state index in [4.69, 9.17) is 9.47 Å². The van der Waals surface area contributed by atoms with Crippen molar-refractivity contribution in [3.05, 3.63) is 0 Å². The number of ether oxygens (including phenoxy) is 2. The lowest BCUT2D eigenvalue weighted by molar-refractivity contribution is -0.170. The van der Waals surface area contributed by atoms with Crippen molar-refractivity contribution in [1.29, 1.82) is 0 Å². The van der Waals surface area contributed by atoms with Crippen LogP contribution in [0.3, 0.4) is 0 Å². The van der Waals surface area contributed by atoms with E-state index >= 15 is 0 Å². The maximum Gasteiger partial charge on any atom is 0.0962 e. The van der Waals surface area contributed by atoms with Gasteiger partial charge in [0, 0.05) is 11.4 Å². The molecule has 6 unspecified atom stereocenters. The van der Waals surface area contributed by atoms with Crippen LogP contribution in [0.15, 0.2) is 0 Å². The van der Waals surface area contributed by atoms with Crippen molar-refractivity contribution in [1.82, 2.24) is 0 Å². The second-order valence-electron chi connectivity index (χ2n) is 7.13. The molecule has 3 heteroatoms. The third-order valence-electron chi connectivity index (χ3n) is 5.01. The molecule has 20 heavy (non-hydrogen) atoms. The minimum absolute atomic E-state index is 0.264. The Morgan fingerprint density at radius 2 is 1.90 bits per heavy atom. The number of hydrogen-bond acceptors (Lipinski definition) is 2. The summed E-state index contributed by atoms with van der Waals surface area (Å²) in [6.07, 6.45) is 7.12. The topological polar surface area (TPSA) is 18.5 Å². The summed E-state index contributed by atoms with van der Waals surface area (Å²) in [6.45, 7) is 10.1. The third-order valence-corrected chi connectivity index (χ3v) is 5.90. The molecule has 0 radical (unpaired) electrons. The Kier molecular flexibility index (Phi) is 6.37. The first-order valence-corrected chi connectivity index (χ1v) is 9.35. The largest absolute Gasteiger partial charge is 0.374 e. The second kappa shape index (κ2) is 7.60. The van der Waals surface area contributed by atoms with E-state index in [1.807, 2.05) is 0 Å². The number of alkyl halides is 1. The maximum atomic E-state index is 6.50. The fourth-order valence-corrected chi connectivity index (χ4v) is 4.48. The number of halogens is 1. The third kappa shape index (κ3) is 3.98. The van der Waals surface area contributed by atoms with Crippen molar-refractivity contribution in [3.8, 4) is 0 Å². The predicted molar refractivity (Wildman–Crippen MR) is 87.4 cm³/mol. The molecule has 0 N–H and O–H groups in total. The van der Waals surface area contributed by atoms with Gasteiger partial charge in [0.2, 0.25) is 0 Å². The molecule has 6 atom stereocenters. The molecule has 2 saturated carbocycles. The van der Waals surface area contributed by atoms with Crippen LogP contribution in [0.5, 0.6) is 0 Å². The molecule has 2 aliphatic carbocycles. The first-order valence-electron chi connectivity index (χ1n) is 8.44.